The van der Waals surface area contributed by atoms with Gasteiger partial charge in [0.15, 0.2) is 0 Å². The lowest BCUT2D eigenvalue weighted by molar-refractivity contribution is 1.08. The number of hydrogen-bond donors (Lipinski definition) is 1. The normalized spacial score (nSPS) is 17.2. The van der Waals surface area contributed by atoms with E-state index in [-0.39, 0.29) is 4.08 Å². The second kappa shape index (κ2) is 5.70. The molecule has 96 valence electrons. The molecule has 3 heteroatoms. The molecule has 0 aliphatic carbocycles. The fraction of sp³-hybridized carbons (Fsp3) is 0.125. The summed E-state index contributed by atoms with van der Waals surface area (Å²) >= 11 is 8.21. The molecular weight excluding hydrogens is 288 g/mol. The Morgan fingerprint density at radius 3 is 1.79 bits per heavy atom. The lowest BCUT2D eigenvalue weighted by Crippen LogP contribution is -2.16. The second-order valence-electron chi connectivity index (χ2n) is 4.31. The van der Waals surface area contributed by atoms with E-state index in [1.54, 1.807) is 0 Å². The number of thioether (sulfide) groups is 2. The molecule has 0 fully saturated rings. The minimum absolute atomic E-state index is 0.0550. The Bertz CT molecular complexity index is 536. The van der Waals surface area contributed by atoms with E-state index in [0.29, 0.717) is 0 Å². The summed E-state index contributed by atoms with van der Waals surface area (Å²) in [4.78, 5) is 1.33. The highest BCUT2D eigenvalue weighted by Crippen LogP contribution is 2.60. The topological polar surface area (TPSA) is 0 Å². The van der Waals surface area contributed by atoms with Crippen LogP contribution in [0.15, 0.2) is 71.0 Å². The van der Waals surface area contributed by atoms with Crippen molar-refractivity contribution in [2.45, 2.75) is 4.08 Å². The van der Waals surface area contributed by atoms with Crippen LogP contribution in [0, 0.1) is 0 Å². The molecule has 0 aromatic heterocycles. The van der Waals surface area contributed by atoms with E-state index in [1.165, 1.54) is 16.0 Å². The molecule has 0 saturated carbocycles. The lowest BCUT2D eigenvalue weighted by atomic mass is 10.0. The van der Waals surface area contributed by atoms with Crippen LogP contribution in [0.25, 0.3) is 0 Å². The molecule has 0 atom stereocenters. The zero-order valence-corrected chi connectivity index (χ0v) is 12.8. The predicted molar refractivity (Wildman–Crippen MR) is 90.8 cm³/mol. The van der Waals surface area contributed by atoms with Crippen LogP contribution >= 0.6 is 36.2 Å². The minimum Gasteiger partial charge on any atom is -0.174 e. The summed E-state index contributed by atoms with van der Waals surface area (Å²) in [6.45, 7) is 0. The van der Waals surface area contributed by atoms with Gasteiger partial charge in [0.1, 0.15) is 4.08 Å². The monoisotopic (exact) mass is 302 g/mol. The number of thiol groups is 1. The van der Waals surface area contributed by atoms with Gasteiger partial charge in [-0.2, -0.15) is 12.6 Å². The Labute approximate surface area is 128 Å². The fourth-order valence-electron chi connectivity index (χ4n) is 2.19. The van der Waals surface area contributed by atoms with Crippen LogP contribution in [0.5, 0.6) is 0 Å². The minimum atomic E-state index is -0.0550. The third kappa shape index (κ3) is 2.47. The average Bonchev–Trinajstić information content (AvgIpc) is 2.95. The van der Waals surface area contributed by atoms with E-state index < -0.39 is 0 Å². The first-order valence-corrected chi connectivity index (χ1v) is 8.46. The molecule has 0 radical (unpaired) electrons. The number of rotatable bonds is 3. The highest BCUT2D eigenvalue weighted by Gasteiger charge is 2.39. The van der Waals surface area contributed by atoms with Crippen molar-refractivity contribution in [3.05, 3.63) is 82.1 Å². The number of hydrogen-bond acceptors (Lipinski definition) is 3. The SMILES string of the molecule is SCC1=CSC(c2ccccc2)(c2ccccc2)S1. The van der Waals surface area contributed by atoms with Crippen molar-refractivity contribution in [2.75, 3.05) is 5.75 Å². The average molecular weight is 302 g/mol. The predicted octanol–water partition coefficient (Wildman–Crippen LogP) is 5.14. The molecule has 0 amide bonds. The highest BCUT2D eigenvalue weighted by molar-refractivity contribution is 8.24. The van der Waals surface area contributed by atoms with Crippen LogP contribution in [-0.2, 0) is 4.08 Å². The lowest BCUT2D eigenvalue weighted by Gasteiger charge is -2.29. The van der Waals surface area contributed by atoms with E-state index in [0.717, 1.165) is 5.75 Å². The van der Waals surface area contributed by atoms with Gasteiger partial charge in [0, 0.05) is 10.7 Å². The van der Waals surface area contributed by atoms with Gasteiger partial charge < -0.3 is 0 Å². The first-order chi connectivity index (χ1) is 9.35. The third-order valence-corrected chi connectivity index (χ3v) is 6.83. The zero-order valence-electron chi connectivity index (χ0n) is 10.3. The van der Waals surface area contributed by atoms with Crippen LogP contribution in [0.3, 0.4) is 0 Å². The van der Waals surface area contributed by atoms with Gasteiger partial charge in [-0.05, 0) is 16.5 Å². The molecular formula is C16H14S3. The molecule has 2 aromatic rings. The molecule has 1 heterocycles. The van der Waals surface area contributed by atoms with Crippen LogP contribution < -0.4 is 0 Å². The summed E-state index contributed by atoms with van der Waals surface area (Å²) in [6, 6.07) is 21.4. The zero-order chi connectivity index (χ0) is 13.1. The van der Waals surface area contributed by atoms with E-state index in [9.17, 15) is 0 Å². The van der Waals surface area contributed by atoms with Crippen LogP contribution in [0.2, 0.25) is 0 Å². The Morgan fingerprint density at radius 2 is 1.37 bits per heavy atom. The van der Waals surface area contributed by atoms with Gasteiger partial charge in [-0.1, -0.05) is 60.7 Å². The van der Waals surface area contributed by atoms with Crippen LogP contribution in [0.1, 0.15) is 11.1 Å². The van der Waals surface area contributed by atoms with Gasteiger partial charge in [-0.25, -0.2) is 0 Å². The fourth-order valence-corrected chi connectivity index (χ4v) is 5.46. The molecule has 0 saturated heterocycles. The quantitative estimate of drug-likeness (QED) is 0.780. The molecule has 19 heavy (non-hydrogen) atoms. The van der Waals surface area contributed by atoms with E-state index in [2.05, 4.69) is 78.7 Å². The van der Waals surface area contributed by atoms with Crippen molar-refractivity contribution < 1.29 is 0 Å². The summed E-state index contributed by atoms with van der Waals surface area (Å²) in [5.74, 6) is 0.805. The first kappa shape index (κ1) is 13.2. The van der Waals surface area contributed by atoms with Crippen LogP contribution in [0.4, 0.5) is 0 Å². The largest absolute Gasteiger partial charge is 0.174 e. The molecule has 0 nitrogen and oxygen atoms in total. The molecule has 2 aromatic carbocycles. The van der Waals surface area contributed by atoms with Crippen molar-refractivity contribution in [3.8, 4) is 0 Å². The van der Waals surface area contributed by atoms with Crippen molar-refractivity contribution in [1.82, 2.24) is 0 Å². The molecule has 0 unspecified atom stereocenters. The van der Waals surface area contributed by atoms with E-state index in [4.69, 9.17) is 0 Å². The molecule has 0 N–H and O–H groups in total. The summed E-state index contributed by atoms with van der Waals surface area (Å²) in [6.07, 6.45) is 0. The van der Waals surface area contributed by atoms with Crippen molar-refractivity contribution >= 4 is 36.2 Å². The smallest absolute Gasteiger partial charge is 0.119 e. The Balaban J connectivity index is 2.08. The summed E-state index contributed by atoms with van der Waals surface area (Å²) in [5, 5.41) is 2.25. The molecule has 1 aliphatic heterocycles. The van der Waals surface area contributed by atoms with Gasteiger partial charge in [-0.3, -0.25) is 0 Å². The number of benzene rings is 2. The summed E-state index contributed by atoms with van der Waals surface area (Å²) < 4.78 is -0.0550. The van der Waals surface area contributed by atoms with Gasteiger partial charge in [-0.15, -0.1) is 23.5 Å². The van der Waals surface area contributed by atoms with Crippen molar-refractivity contribution in [2.24, 2.45) is 0 Å². The van der Waals surface area contributed by atoms with Gasteiger partial charge in [0.2, 0.25) is 0 Å². The standard InChI is InChI=1S/C16H14S3/c17-11-15-12-18-16(19-15,13-7-3-1-4-8-13)14-9-5-2-6-10-14/h1-10,12,17H,11H2. The Kier molecular flexibility index (Phi) is 3.96. The third-order valence-electron chi connectivity index (χ3n) is 3.09. The second-order valence-corrected chi connectivity index (χ2v) is 7.31. The Hall–Kier alpha value is -0.770. The summed E-state index contributed by atoms with van der Waals surface area (Å²) in [5.41, 5.74) is 2.67. The Morgan fingerprint density at radius 1 is 0.842 bits per heavy atom. The van der Waals surface area contributed by atoms with Gasteiger partial charge >= 0.3 is 0 Å². The maximum Gasteiger partial charge on any atom is 0.119 e. The highest BCUT2D eigenvalue weighted by atomic mass is 32.2. The van der Waals surface area contributed by atoms with Crippen molar-refractivity contribution in [3.63, 3.8) is 0 Å². The van der Waals surface area contributed by atoms with E-state index in [1.807, 2.05) is 23.5 Å². The molecule has 1 aliphatic rings. The van der Waals surface area contributed by atoms with E-state index >= 15 is 0 Å². The van der Waals surface area contributed by atoms with Gasteiger partial charge in [0.25, 0.3) is 0 Å². The van der Waals surface area contributed by atoms with Crippen molar-refractivity contribution in [1.29, 1.82) is 0 Å². The first-order valence-electron chi connectivity index (χ1n) is 6.13. The summed E-state index contributed by atoms with van der Waals surface area (Å²) in [7, 11) is 0. The molecule has 3 rings (SSSR count). The molecule has 0 bridgehead atoms. The van der Waals surface area contributed by atoms with Crippen LogP contribution in [-0.4, -0.2) is 5.75 Å². The molecule has 0 spiro atoms. The maximum absolute atomic E-state index is 4.42. The van der Waals surface area contributed by atoms with Gasteiger partial charge in [0.05, 0.1) is 0 Å². The maximum atomic E-state index is 4.42.